The van der Waals surface area contributed by atoms with Gasteiger partial charge < -0.3 is 15.1 Å². The minimum Gasteiger partial charge on any atom is -0.363 e. The van der Waals surface area contributed by atoms with Crippen LogP contribution < -0.4 is 15.5 Å². The molecule has 2 atom stereocenters. The molecule has 10 heteroatoms. The van der Waals surface area contributed by atoms with Crippen LogP contribution in [0.15, 0.2) is 10.5 Å². The third-order valence-electron chi connectivity index (χ3n) is 6.77. The molecule has 3 heterocycles. The molecule has 0 radical (unpaired) electrons. The Balaban J connectivity index is 1.26. The molecule has 1 aliphatic carbocycles. The number of nitrogens with zero attached hydrogens (tertiary/aromatic N) is 2. The Kier molecular flexibility index (Phi) is 4.74. The number of carbonyl (C=O) groups is 3. The van der Waals surface area contributed by atoms with Crippen LogP contribution in [0.4, 0.5) is 14.9 Å². The highest BCUT2D eigenvalue weighted by molar-refractivity contribution is 9.10. The summed E-state index contributed by atoms with van der Waals surface area (Å²) in [5.74, 6) is -0.683. The van der Waals surface area contributed by atoms with Crippen LogP contribution in [-0.4, -0.2) is 54.0 Å². The SMILES string of the molecule is O=C1NC(=O)[C@](CCC(=O)N2CCN3c4c(cc(F)c(Cl)c4Br)CC3C2)(C2CC2)N1. The van der Waals surface area contributed by atoms with Crippen molar-refractivity contribution in [1.82, 2.24) is 15.5 Å². The predicted molar refractivity (Wildman–Crippen MR) is 112 cm³/mol. The second-order valence-electron chi connectivity index (χ2n) is 8.54. The predicted octanol–water partition coefficient (Wildman–Crippen LogP) is 2.58. The van der Waals surface area contributed by atoms with E-state index in [1.165, 1.54) is 6.07 Å². The zero-order valence-electron chi connectivity index (χ0n) is 16.1. The van der Waals surface area contributed by atoms with E-state index in [9.17, 15) is 18.8 Å². The number of piperazine rings is 1. The van der Waals surface area contributed by atoms with Gasteiger partial charge in [0.1, 0.15) is 11.4 Å². The lowest BCUT2D eigenvalue weighted by atomic mass is 9.87. The molecule has 1 saturated carbocycles. The molecule has 1 unspecified atom stereocenters. The number of amides is 4. The number of nitrogens with one attached hydrogen (secondary N) is 2. The minimum absolute atomic E-state index is 0.0251. The molecule has 5 rings (SSSR count). The molecule has 3 fully saturated rings. The minimum atomic E-state index is -0.947. The van der Waals surface area contributed by atoms with Gasteiger partial charge in [-0.1, -0.05) is 11.6 Å². The van der Waals surface area contributed by atoms with Crippen molar-refractivity contribution < 1.29 is 18.8 Å². The summed E-state index contributed by atoms with van der Waals surface area (Å²) in [7, 11) is 0. The van der Waals surface area contributed by atoms with Crippen molar-refractivity contribution in [3.8, 4) is 0 Å². The van der Waals surface area contributed by atoms with E-state index in [1.807, 2.05) is 4.90 Å². The Labute approximate surface area is 186 Å². The van der Waals surface area contributed by atoms with Crippen LogP contribution in [0.1, 0.15) is 31.2 Å². The van der Waals surface area contributed by atoms with Crippen molar-refractivity contribution in [2.75, 3.05) is 24.5 Å². The fourth-order valence-electron chi connectivity index (χ4n) is 5.12. The van der Waals surface area contributed by atoms with E-state index in [-0.39, 0.29) is 35.2 Å². The van der Waals surface area contributed by atoms with Gasteiger partial charge in [-0.05, 0) is 59.2 Å². The van der Waals surface area contributed by atoms with Crippen LogP contribution in [0.3, 0.4) is 0 Å². The standard InChI is InChI=1S/C20H21BrClFN4O3/c21-15-16(22)13(23)8-10-7-12-9-26(5-6-27(12)17(10)15)14(28)3-4-20(11-1-2-11)18(29)24-19(30)25-20/h8,11-12H,1-7,9H2,(H2,24,25,29,30)/t12?,20-/m0/s1. The van der Waals surface area contributed by atoms with Gasteiger partial charge in [0.05, 0.1) is 21.2 Å². The van der Waals surface area contributed by atoms with Crippen molar-refractivity contribution >= 4 is 51.1 Å². The Bertz CT molecular complexity index is 972. The number of fused-ring (bicyclic) bond motifs is 3. The molecular formula is C20H21BrClFN4O3. The van der Waals surface area contributed by atoms with E-state index >= 15 is 0 Å². The highest BCUT2D eigenvalue weighted by atomic mass is 79.9. The maximum Gasteiger partial charge on any atom is 0.322 e. The summed E-state index contributed by atoms with van der Waals surface area (Å²) >= 11 is 9.49. The van der Waals surface area contributed by atoms with Gasteiger partial charge in [0, 0.05) is 26.1 Å². The molecule has 0 bridgehead atoms. The van der Waals surface area contributed by atoms with Gasteiger partial charge in [-0.3, -0.25) is 14.9 Å². The number of hydrogen-bond acceptors (Lipinski definition) is 4. The highest BCUT2D eigenvalue weighted by Crippen LogP contribution is 2.45. The first-order chi connectivity index (χ1) is 14.3. The molecule has 0 spiro atoms. The molecule has 160 valence electrons. The number of halogens is 3. The summed E-state index contributed by atoms with van der Waals surface area (Å²) in [5, 5.41) is 5.17. The molecule has 4 amide bonds. The lowest BCUT2D eigenvalue weighted by Crippen LogP contribution is -2.54. The summed E-state index contributed by atoms with van der Waals surface area (Å²) in [6.07, 6.45) is 2.93. The second kappa shape index (κ2) is 7.09. The molecule has 2 N–H and O–H groups in total. The molecule has 0 aromatic heterocycles. The molecule has 2 saturated heterocycles. The summed E-state index contributed by atoms with van der Waals surface area (Å²) in [5.41, 5.74) is 0.856. The topological polar surface area (TPSA) is 81.8 Å². The van der Waals surface area contributed by atoms with Crippen molar-refractivity contribution in [3.63, 3.8) is 0 Å². The molecule has 1 aromatic carbocycles. The van der Waals surface area contributed by atoms with E-state index in [0.29, 0.717) is 36.9 Å². The Morgan fingerprint density at radius 3 is 2.77 bits per heavy atom. The maximum absolute atomic E-state index is 14.0. The Morgan fingerprint density at radius 2 is 2.10 bits per heavy atom. The molecule has 3 aliphatic heterocycles. The molecule has 4 aliphatic rings. The molecule has 30 heavy (non-hydrogen) atoms. The third-order valence-corrected chi connectivity index (χ3v) is 8.14. The van der Waals surface area contributed by atoms with Crippen LogP contribution in [-0.2, 0) is 16.0 Å². The Morgan fingerprint density at radius 1 is 1.33 bits per heavy atom. The number of rotatable bonds is 4. The van der Waals surface area contributed by atoms with E-state index in [4.69, 9.17) is 11.6 Å². The van der Waals surface area contributed by atoms with E-state index in [0.717, 1.165) is 24.1 Å². The van der Waals surface area contributed by atoms with Gasteiger partial charge in [-0.15, -0.1) is 0 Å². The maximum atomic E-state index is 14.0. The van der Waals surface area contributed by atoms with Gasteiger partial charge in [0.2, 0.25) is 5.91 Å². The first-order valence-corrected chi connectivity index (χ1v) is 11.3. The summed E-state index contributed by atoms with van der Waals surface area (Å²) in [6, 6.07) is 1.07. The van der Waals surface area contributed by atoms with Gasteiger partial charge in [-0.2, -0.15) is 0 Å². The third kappa shape index (κ3) is 3.09. The average molecular weight is 500 g/mol. The highest BCUT2D eigenvalue weighted by Gasteiger charge is 2.55. The smallest absolute Gasteiger partial charge is 0.322 e. The van der Waals surface area contributed by atoms with Crippen LogP contribution in [0.2, 0.25) is 5.02 Å². The first-order valence-electron chi connectivity index (χ1n) is 10.1. The summed E-state index contributed by atoms with van der Waals surface area (Å²) in [4.78, 5) is 41.0. The summed E-state index contributed by atoms with van der Waals surface area (Å²) in [6.45, 7) is 1.72. The normalized spacial score (nSPS) is 27.6. The van der Waals surface area contributed by atoms with E-state index in [1.54, 1.807) is 0 Å². The number of anilines is 1. The fraction of sp³-hybridized carbons (Fsp3) is 0.550. The molecular weight excluding hydrogens is 479 g/mol. The second-order valence-corrected chi connectivity index (χ2v) is 9.71. The fourth-order valence-corrected chi connectivity index (χ4v) is 5.93. The Hall–Kier alpha value is -1.87. The van der Waals surface area contributed by atoms with Crippen molar-refractivity contribution in [2.24, 2.45) is 5.92 Å². The van der Waals surface area contributed by atoms with Gasteiger partial charge in [0.15, 0.2) is 0 Å². The molecule has 1 aromatic rings. The van der Waals surface area contributed by atoms with Crippen molar-refractivity contribution in [1.29, 1.82) is 0 Å². The average Bonchev–Trinajstić information content (AvgIpc) is 3.44. The largest absolute Gasteiger partial charge is 0.363 e. The monoisotopic (exact) mass is 498 g/mol. The summed E-state index contributed by atoms with van der Waals surface area (Å²) < 4.78 is 14.6. The quantitative estimate of drug-likeness (QED) is 0.493. The van der Waals surface area contributed by atoms with Crippen molar-refractivity contribution in [2.45, 2.75) is 43.7 Å². The number of carbonyl (C=O) groups excluding carboxylic acids is 3. The van der Waals surface area contributed by atoms with Gasteiger partial charge in [-0.25, -0.2) is 9.18 Å². The van der Waals surface area contributed by atoms with Crippen LogP contribution in [0, 0.1) is 11.7 Å². The number of hydrogen-bond donors (Lipinski definition) is 2. The van der Waals surface area contributed by atoms with Gasteiger partial charge in [0.25, 0.3) is 5.91 Å². The molecule has 7 nitrogen and oxygen atoms in total. The first kappa shape index (κ1) is 20.1. The number of benzene rings is 1. The van der Waals surface area contributed by atoms with Crippen molar-refractivity contribution in [3.05, 3.63) is 26.9 Å². The van der Waals surface area contributed by atoms with E-state index < -0.39 is 17.4 Å². The van der Waals surface area contributed by atoms with E-state index in [2.05, 4.69) is 31.5 Å². The van der Waals surface area contributed by atoms with Crippen LogP contribution in [0.5, 0.6) is 0 Å². The zero-order chi connectivity index (χ0) is 21.2. The number of urea groups is 1. The zero-order valence-corrected chi connectivity index (χ0v) is 18.5. The number of imide groups is 1. The van der Waals surface area contributed by atoms with Crippen LogP contribution >= 0.6 is 27.5 Å². The lowest BCUT2D eigenvalue weighted by Gasteiger charge is -2.39. The van der Waals surface area contributed by atoms with Crippen LogP contribution in [0.25, 0.3) is 0 Å². The lowest BCUT2D eigenvalue weighted by molar-refractivity contribution is -0.133. The van der Waals surface area contributed by atoms with Gasteiger partial charge >= 0.3 is 6.03 Å².